The van der Waals surface area contributed by atoms with E-state index in [4.69, 9.17) is 5.73 Å². The highest BCUT2D eigenvalue weighted by molar-refractivity contribution is 6.05. The highest BCUT2D eigenvalue weighted by Gasteiger charge is 2.18. The van der Waals surface area contributed by atoms with Gasteiger partial charge in [-0.05, 0) is 35.4 Å². The zero-order chi connectivity index (χ0) is 19.9. The van der Waals surface area contributed by atoms with Crippen molar-refractivity contribution in [2.24, 2.45) is 0 Å². The Balaban J connectivity index is 0.00000300. The number of benzene rings is 3. The van der Waals surface area contributed by atoms with Crippen molar-refractivity contribution in [2.75, 3.05) is 11.1 Å². The summed E-state index contributed by atoms with van der Waals surface area (Å²) in [7, 11) is 0. The van der Waals surface area contributed by atoms with Crippen molar-refractivity contribution >= 4 is 35.7 Å². The lowest BCUT2D eigenvalue weighted by Crippen LogP contribution is -2.28. The summed E-state index contributed by atoms with van der Waals surface area (Å²) in [6, 6.07) is 22.2. The summed E-state index contributed by atoms with van der Waals surface area (Å²) in [4.78, 5) is 23.9. The molecule has 0 bridgehead atoms. The quantitative estimate of drug-likeness (QED) is 0.442. The van der Waals surface area contributed by atoms with Gasteiger partial charge in [0.2, 0.25) is 0 Å². The van der Waals surface area contributed by atoms with Crippen LogP contribution < -0.4 is 16.4 Å². The van der Waals surface area contributed by atoms with Crippen LogP contribution in [0.3, 0.4) is 0 Å². The first-order valence-electron chi connectivity index (χ1n) is 8.80. The number of hydrogen-bond donors (Lipinski definition) is 4. The Kier molecular flexibility index (Phi) is 7.77. The third kappa shape index (κ3) is 5.81. The minimum atomic E-state index is -0.942. The lowest BCUT2D eigenvalue weighted by Gasteiger charge is -2.15. The molecule has 6 nitrogen and oxygen atoms in total. The average molecular weight is 412 g/mol. The van der Waals surface area contributed by atoms with Crippen LogP contribution in [0.25, 0.3) is 0 Å². The summed E-state index contributed by atoms with van der Waals surface area (Å²) in [6.45, 7) is 0.361. The molecule has 0 radical (unpaired) electrons. The number of carboxylic acids is 1. The van der Waals surface area contributed by atoms with E-state index in [9.17, 15) is 14.7 Å². The molecule has 0 aliphatic rings. The molecule has 0 fully saturated rings. The van der Waals surface area contributed by atoms with Crippen LogP contribution in [0, 0.1) is 0 Å². The number of carbonyl (C=O) groups is 2. The van der Waals surface area contributed by atoms with Crippen LogP contribution in [0.4, 0.5) is 11.4 Å². The van der Waals surface area contributed by atoms with Crippen molar-refractivity contribution in [1.29, 1.82) is 0 Å². The first-order chi connectivity index (χ1) is 13.5. The number of carboxylic acid groups (broad SMARTS) is 1. The van der Waals surface area contributed by atoms with Gasteiger partial charge in [-0.3, -0.25) is 14.9 Å². The van der Waals surface area contributed by atoms with Gasteiger partial charge in [0.15, 0.2) is 0 Å². The Hall–Kier alpha value is -3.35. The molecule has 3 aromatic rings. The van der Waals surface area contributed by atoms with Crippen molar-refractivity contribution in [3.05, 3.63) is 95.6 Å². The molecule has 0 spiro atoms. The van der Waals surface area contributed by atoms with E-state index < -0.39 is 12.0 Å². The Morgan fingerprint density at radius 2 is 1.52 bits per heavy atom. The van der Waals surface area contributed by atoms with E-state index in [0.717, 1.165) is 5.56 Å². The number of halogens is 1. The van der Waals surface area contributed by atoms with E-state index in [2.05, 4.69) is 10.6 Å². The first kappa shape index (κ1) is 21.9. The third-order valence-corrected chi connectivity index (χ3v) is 4.32. The number of nitrogen functional groups attached to an aromatic ring is 1. The van der Waals surface area contributed by atoms with E-state index in [1.54, 1.807) is 72.8 Å². The second kappa shape index (κ2) is 10.3. The van der Waals surface area contributed by atoms with E-state index in [1.807, 2.05) is 6.07 Å². The molecule has 1 unspecified atom stereocenters. The number of nitrogens with one attached hydrogen (secondary N) is 2. The topological polar surface area (TPSA) is 104 Å². The largest absolute Gasteiger partial charge is 0.480 e. The minimum absolute atomic E-state index is 0. The summed E-state index contributed by atoms with van der Waals surface area (Å²) in [5.74, 6) is -1.20. The van der Waals surface area contributed by atoms with E-state index in [1.165, 1.54) is 0 Å². The molecule has 0 aromatic heterocycles. The molecule has 5 N–H and O–H groups in total. The molecule has 0 heterocycles. The fraction of sp³-hybridized carbons (Fsp3) is 0.0909. The minimum Gasteiger partial charge on any atom is -0.480 e. The number of amides is 1. The van der Waals surface area contributed by atoms with Crippen molar-refractivity contribution in [3.63, 3.8) is 0 Å². The van der Waals surface area contributed by atoms with Gasteiger partial charge in [0.25, 0.3) is 5.91 Å². The Labute approximate surface area is 175 Å². The maximum Gasteiger partial charge on any atom is 0.325 e. The van der Waals surface area contributed by atoms with Gasteiger partial charge in [-0.2, -0.15) is 0 Å². The summed E-state index contributed by atoms with van der Waals surface area (Å²) in [5.41, 5.74) is 8.95. The number of hydrogen-bond acceptors (Lipinski definition) is 4. The van der Waals surface area contributed by atoms with Crippen molar-refractivity contribution in [1.82, 2.24) is 5.32 Å². The molecule has 1 amide bonds. The highest BCUT2D eigenvalue weighted by Crippen LogP contribution is 2.18. The molecule has 7 heteroatoms. The fourth-order valence-electron chi connectivity index (χ4n) is 2.79. The molecule has 0 aliphatic carbocycles. The number of para-hydroxylation sites is 2. The van der Waals surface area contributed by atoms with Crippen molar-refractivity contribution in [3.8, 4) is 0 Å². The van der Waals surface area contributed by atoms with Gasteiger partial charge >= 0.3 is 5.97 Å². The molecule has 0 saturated heterocycles. The predicted octanol–water partition coefficient (Wildman–Crippen LogP) is 3.86. The average Bonchev–Trinajstić information content (AvgIpc) is 2.71. The van der Waals surface area contributed by atoms with Gasteiger partial charge in [0, 0.05) is 12.1 Å². The number of nitrogens with two attached hydrogens (primary N) is 1. The van der Waals surface area contributed by atoms with Crippen LogP contribution in [-0.4, -0.2) is 17.0 Å². The Morgan fingerprint density at radius 1 is 0.897 bits per heavy atom. The van der Waals surface area contributed by atoms with Gasteiger partial charge in [-0.25, -0.2) is 0 Å². The SMILES string of the molecule is Cl.Nc1ccccc1NC(=O)c1ccc(CNC(C(=O)O)c2ccccc2)cc1. The van der Waals surface area contributed by atoms with Gasteiger partial charge in [-0.15, -0.1) is 12.4 Å². The molecule has 1 atom stereocenters. The monoisotopic (exact) mass is 411 g/mol. The number of aliphatic carboxylic acids is 1. The third-order valence-electron chi connectivity index (χ3n) is 4.32. The second-order valence-corrected chi connectivity index (χ2v) is 6.30. The molecular formula is C22H22ClN3O3. The number of rotatable bonds is 7. The van der Waals surface area contributed by atoms with E-state index in [0.29, 0.717) is 29.0 Å². The van der Waals surface area contributed by atoms with Gasteiger partial charge in [-0.1, -0.05) is 54.6 Å². The smallest absolute Gasteiger partial charge is 0.325 e. The summed E-state index contributed by atoms with van der Waals surface area (Å²) < 4.78 is 0. The Morgan fingerprint density at radius 3 is 2.14 bits per heavy atom. The van der Waals surface area contributed by atoms with Crippen LogP contribution in [0.15, 0.2) is 78.9 Å². The van der Waals surface area contributed by atoms with Gasteiger partial charge in [0.05, 0.1) is 11.4 Å². The molecule has 0 saturated carbocycles. The number of anilines is 2. The standard InChI is InChI=1S/C22H21N3O3.ClH/c23-18-8-4-5-9-19(18)25-21(26)17-12-10-15(11-13-17)14-24-20(22(27)28)16-6-2-1-3-7-16;/h1-13,20,24H,14,23H2,(H,25,26)(H,27,28);1H. The summed E-state index contributed by atoms with van der Waals surface area (Å²) in [6.07, 6.45) is 0. The molecule has 3 aromatic carbocycles. The van der Waals surface area contributed by atoms with Crippen molar-refractivity contribution in [2.45, 2.75) is 12.6 Å². The molecular weight excluding hydrogens is 390 g/mol. The van der Waals surface area contributed by atoms with E-state index >= 15 is 0 Å². The highest BCUT2D eigenvalue weighted by atomic mass is 35.5. The molecule has 0 aliphatic heterocycles. The lowest BCUT2D eigenvalue weighted by molar-refractivity contribution is -0.139. The maximum absolute atomic E-state index is 12.4. The first-order valence-corrected chi connectivity index (χ1v) is 8.80. The molecule has 3 rings (SSSR count). The normalized spacial score (nSPS) is 11.2. The van der Waals surface area contributed by atoms with E-state index in [-0.39, 0.29) is 18.3 Å². The van der Waals surface area contributed by atoms with Crippen LogP contribution in [0.1, 0.15) is 27.5 Å². The molecule has 150 valence electrons. The van der Waals surface area contributed by atoms with Crippen molar-refractivity contribution < 1.29 is 14.7 Å². The van der Waals surface area contributed by atoms with Gasteiger partial charge in [0.1, 0.15) is 6.04 Å². The van der Waals surface area contributed by atoms with Crippen LogP contribution >= 0.6 is 12.4 Å². The van der Waals surface area contributed by atoms with Crippen LogP contribution in [-0.2, 0) is 11.3 Å². The van der Waals surface area contributed by atoms with Crippen LogP contribution in [0.2, 0.25) is 0 Å². The zero-order valence-electron chi connectivity index (χ0n) is 15.5. The summed E-state index contributed by atoms with van der Waals surface area (Å²) >= 11 is 0. The second-order valence-electron chi connectivity index (χ2n) is 6.30. The fourth-order valence-corrected chi connectivity index (χ4v) is 2.79. The van der Waals surface area contributed by atoms with Gasteiger partial charge < -0.3 is 16.2 Å². The Bertz CT molecular complexity index is 963. The zero-order valence-corrected chi connectivity index (χ0v) is 16.4. The maximum atomic E-state index is 12.4. The molecule has 29 heavy (non-hydrogen) atoms. The lowest BCUT2D eigenvalue weighted by atomic mass is 10.1. The number of carbonyl (C=O) groups excluding carboxylic acids is 1. The van der Waals surface area contributed by atoms with Crippen LogP contribution in [0.5, 0.6) is 0 Å². The summed E-state index contributed by atoms with van der Waals surface area (Å²) in [5, 5.41) is 15.3. The predicted molar refractivity (Wildman–Crippen MR) is 116 cm³/mol.